The van der Waals surface area contributed by atoms with Gasteiger partial charge in [-0.15, -0.1) is 70.6 Å². The quantitative estimate of drug-likeness (QED) is 0.223. The van der Waals surface area contributed by atoms with Crippen LogP contribution in [0.5, 0.6) is 0 Å². The van der Waals surface area contributed by atoms with Crippen LogP contribution in [0, 0.1) is 0 Å². The van der Waals surface area contributed by atoms with Gasteiger partial charge in [0.15, 0.2) is 0 Å². The van der Waals surface area contributed by atoms with E-state index in [2.05, 4.69) is 115 Å². The monoisotopic (exact) mass is 498 g/mol. The molecule has 6 atom stereocenters. The average Bonchev–Trinajstić information content (AvgIpc) is 2.44. The van der Waals surface area contributed by atoms with Crippen molar-refractivity contribution in [2.24, 2.45) is 0 Å². The van der Waals surface area contributed by atoms with Gasteiger partial charge in [-0.2, -0.15) is 37.9 Å². The first-order chi connectivity index (χ1) is 11.1. The molecular formula is C15H30S9. The molecule has 1 heterocycles. The summed E-state index contributed by atoms with van der Waals surface area (Å²) >= 11 is 26.2. The first kappa shape index (κ1) is 25.2. The first-order valence-electron chi connectivity index (χ1n) is 8.07. The maximum absolute atomic E-state index is 4.58. The third kappa shape index (κ3) is 9.57. The fourth-order valence-electron chi connectivity index (χ4n) is 2.28. The van der Waals surface area contributed by atoms with Crippen molar-refractivity contribution in [2.75, 3.05) is 0 Å². The van der Waals surface area contributed by atoms with Crippen molar-refractivity contribution >= 4 is 108 Å². The summed E-state index contributed by atoms with van der Waals surface area (Å²) in [6.45, 7) is 13.6. The van der Waals surface area contributed by atoms with E-state index in [9.17, 15) is 0 Å². The molecule has 0 aromatic heterocycles. The Labute approximate surface area is 191 Å². The lowest BCUT2D eigenvalue weighted by Crippen LogP contribution is -2.33. The van der Waals surface area contributed by atoms with Gasteiger partial charge in [0.05, 0.1) is 13.7 Å². The molecule has 0 amide bonds. The summed E-state index contributed by atoms with van der Waals surface area (Å²) in [5, 5.41) is 1.82. The van der Waals surface area contributed by atoms with Gasteiger partial charge in [-0.3, -0.25) is 0 Å². The molecule has 0 aliphatic carbocycles. The standard InChI is InChI=1S/C15H30S9/c1-7(19-10(4)16)13-22-14(8(2)20-11(5)17)24-15(23-13)9(3)21-12(6)18/h7-18H,1-6H3. The highest BCUT2D eigenvalue weighted by Gasteiger charge is 2.39. The van der Waals surface area contributed by atoms with Crippen LogP contribution in [0.3, 0.4) is 0 Å². The Bertz CT molecular complexity index is 292. The van der Waals surface area contributed by atoms with Crippen molar-refractivity contribution < 1.29 is 0 Å². The number of hydrogen-bond donors (Lipinski definition) is 3. The van der Waals surface area contributed by atoms with Gasteiger partial charge in [-0.1, -0.05) is 20.8 Å². The van der Waals surface area contributed by atoms with Gasteiger partial charge in [-0.25, -0.2) is 0 Å². The normalized spacial score (nSPS) is 32.6. The molecule has 0 radical (unpaired) electrons. The van der Waals surface area contributed by atoms with Crippen molar-refractivity contribution in [1.29, 1.82) is 0 Å². The first-order valence-corrected chi connectivity index (χ1v) is 15.3. The van der Waals surface area contributed by atoms with Gasteiger partial charge in [0.25, 0.3) is 0 Å². The molecule has 1 aliphatic heterocycles. The van der Waals surface area contributed by atoms with E-state index in [0.717, 1.165) is 0 Å². The van der Waals surface area contributed by atoms with Gasteiger partial charge in [0.1, 0.15) is 0 Å². The summed E-state index contributed by atoms with van der Waals surface area (Å²) in [4.78, 5) is 0. The molecule has 1 rings (SSSR count). The molecule has 0 saturated carbocycles. The molecule has 0 nitrogen and oxygen atoms in total. The summed E-state index contributed by atoms with van der Waals surface area (Å²) in [5.74, 6) is 0. The Balaban J connectivity index is 2.81. The van der Waals surface area contributed by atoms with Crippen LogP contribution in [-0.2, 0) is 0 Å². The van der Waals surface area contributed by atoms with Crippen molar-refractivity contribution in [1.82, 2.24) is 0 Å². The Morgan fingerprint density at radius 3 is 0.917 bits per heavy atom. The summed E-state index contributed by atoms with van der Waals surface area (Å²) in [6.07, 6.45) is 0. The van der Waals surface area contributed by atoms with Gasteiger partial charge in [-0.05, 0) is 20.8 Å². The molecular weight excluding hydrogens is 469 g/mol. The molecule has 0 spiro atoms. The second-order valence-electron chi connectivity index (χ2n) is 5.83. The lowest BCUT2D eigenvalue weighted by Gasteiger charge is -2.41. The van der Waals surface area contributed by atoms with E-state index in [4.69, 9.17) is 0 Å². The minimum atomic E-state index is 0.390. The van der Waals surface area contributed by atoms with Crippen molar-refractivity contribution in [3.8, 4) is 0 Å². The molecule has 144 valence electrons. The fraction of sp³-hybridized carbons (Fsp3) is 1.00. The van der Waals surface area contributed by atoms with E-state index < -0.39 is 0 Å². The van der Waals surface area contributed by atoms with Crippen LogP contribution in [-0.4, -0.2) is 43.2 Å². The Morgan fingerprint density at radius 1 is 0.542 bits per heavy atom. The van der Waals surface area contributed by atoms with E-state index in [-0.39, 0.29) is 0 Å². The molecule has 6 unspecified atom stereocenters. The van der Waals surface area contributed by atoms with Crippen molar-refractivity contribution in [2.45, 2.75) is 84.8 Å². The smallest absolute Gasteiger partial charge is 0.0641 e. The molecule has 0 aromatic rings. The van der Waals surface area contributed by atoms with Crippen LogP contribution in [0.2, 0.25) is 0 Å². The topological polar surface area (TPSA) is 0 Å². The molecule has 1 aliphatic rings. The zero-order valence-corrected chi connectivity index (χ0v) is 22.6. The lowest BCUT2D eigenvalue weighted by atomic mass is 10.5. The van der Waals surface area contributed by atoms with Crippen molar-refractivity contribution in [3.63, 3.8) is 0 Å². The fourth-order valence-corrected chi connectivity index (χ4v) is 14.2. The highest BCUT2D eigenvalue weighted by molar-refractivity contribution is 8.35. The second kappa shape index (κ2) is 12.7. The largest absolute Gasteiger partial charge is 0.165 e. The van der Waals surface area contributed by atoms with Crippen LogP contribution in [0.4, 0.5) is 0 Å². The van der Waals surface area contributed by atoms with E-state index in [0.29, 0.717) is 43.2 Å². The third-order valence-electron chi connectivity index (χ3n) is 3.19. The van der Waals surface area contributed by atoms with Gasteiger partial charge < -0.3 is 0 Å². The molecule has 1 fully saturated rings. The predicted molar refractivity (Wildman–Crippen MR) is 141 cm³/mol. The van der Waals surface area contributed by atoms with Gasteiger partial charge >= 0.3 is 0 Å². The summed E-state index contributed by atoms with van der Waals surface area (Å²) < 4.78 is 3.04. The highest BCUT2D eigenvalue weighted by atomic mass is 32.3. The second-order valence-corrected chi connectivity index (χ2v) is 19.1. The Morgan fingerprint density at radius 2 is 0.750 bits per heavy atom. The Hall–Kier alpha value is 3.15. The SMILES string of the molecule is CC(S)SC(C)C1SC(C(C)SC(C)S)SC(C(C)SC(C)S)S1. The van der Waals surface area contributed by atoms with Crippen molar-refractivity contribution in [3.05, 3.63) is 0 Å². The van der Waals surface area contributed by atoms with E-state index >= 15 is 0 Å². The number of thioether (sulfide) groups is 6. The highest BCUT2D eigenvalue weighted by Crippen LogP contribution is 2.55. The third-order valence-corrected chi connectivity index (χ3v) is 14.7. The number of rotatable bonds is 9. The predicted octanol–water partition coefficient (Wildman–Crippen LogP) is 7.37. The summed E-state index contributed by atoms with van der Waals surface area (Å²) in [5.41, 5.74) is 0. The zero-order chi connectivity index (χ0) is 18.4. The molecule has 0 aromatic carbocycles. The van der Waals surface area contributed by atoms with Crippen LogP contribution < -0.4 is 0 Å². The molecule has 0 N–H and O–H groups in total. The molecule has 1 saturated heterocycles. The van der Waals surface area contributed by atoms with Crippen LogP contribution in [0.25, 0.3) is 0 Å². The maximum Gasteiger partial charge on any atom is 0.0641 e. The van der Waals surface area contributed by atoms with Gasteiger partial charge in [0.2, 0.25) is 0 Å². The van der Waals surface area contributed by atoms with Crippen LogP contribution in [0.15, 0.2) is 0 Å². The molecule has 9 heteroatoms. The number of thiol groups is 3. The van der Waals surface area contributed by atoms with E-state index in [1.165, 1.54) is 0 Å². The Kier molecular flexibility index (Phi) is 13.3. The minimum Gasteiger partial charge on any atom is -0.165 e. The van der Waals surface area contributed by atoms with Crippen LogP contribution >= 0.6 is 108 Å². The summed E-state index contributed by atoms with van der Waals surface area (Å²) in [6, 6.07) is 0. The molecule has 24 heavy (non-hydrogen) atoms. The van der Waals surface area contributed by atoms with E-state index in [1.807, 2.05) is 35.3 Å². The zero-order valence-electron chi connectivity index (χ0n) is 15.0. The van der Waals surface area contributed by atoms with Crippen LogP contribution in [0.1, 0.15) is 41.5 Å². The van der Waals surface area contributed by atoms with E-state index in [1.54, 1.807) is 0 Å². The molecule has 0 bridgehead atoms. The summed E-state index contributed by atoms with van der Waals surface area (Å²) in [7, 11) is 0. The number of hydrogen-bond acceptors (Lipinski definition) is 9. The lowest BCUT2D eigenvalue weighted by molar-refractivity contribution is 0.999. The minimum absolute atomic E-state index is 0.390. The average molecular weight is 499 g/mol. The van der Waals surface area contributed by atoms with Gasteiger partial charge in [0, 0.05) is 29.5 Å². The maximum atomic E-state index is 4.58.